The van der Waals surface area contributed by atoms with E-state index in [1.165, 1.54) is 6.07 Å². The molecule has 0 atom stereocenters. The second-order valence-electron chi connectivity index (χ2n) is 5.70. The molecule has 0 bridgehead atoms. The molecule has 0 aliphatic heterocycles. The zero-order valence-corrected chi connectivity index (χ0v) is 16.5. The number of alkyl halides is 3. The number of nitrogens with one attached hydrogen (secondary N) is 1. The summed E-state index contributed by atoms with van der Waals surface area (Å²) in [5, 5.41) is 3.81. The molecule has 0 fully saturated rings. The van der Waals surface area contributed by atoms with E-state index >= 15 is 0 Å². The number of anilines is 2. The summed E-state index contributed by atoms with van der Waals surface area (Å²) in [5.74, 6) is -2.12. The van der Waals surface area contributed by atoms with Crippen molar-refractivity contribution >= 4 is 59.9 Å². The SMILES string of the molecule is Nc1cc2cc(Br)c(Br)cc2cc1C(=O)Nc1ccc(F)c(C(F)(F)F)c1. The summed E-state index contributed by atoms with van der Waals surface area (Å²) in [6.45, 7) is 0. The van der Waals surface area contributed by atoms with Gasteiger partial charge in [-0.2, -0.15) is 13.2 Å². The number of carbonyl (C=O) groups is 1. The van der Waals surface area contributed by atoms with Crippen molar-refractivity contribution in [3.63, 3.8) is 0 Å². The Balaban J connectivity index is 1.97. The van der Waals surface area contributed by atoms with Crippen molar-refractivity contribution in [2.24, 2.45) is 0 Å². The third kappa shape index (κ3) is 4.08. The second kappa shape index (κ2) is 7.12. The van der Waals surface area contributed by atoms with Crippen LogP contribution in [0, 0.1) is 5.82 Å². The highest BCUT2D eigenvalue weighted by Crippen LogP contribution is 2.34. The monoisotopic (exact) mass is 504 g/mol. The molecule has 3 aromatic carbocycles. The molecule has 3 N–H and O–H groups in total. The van der Waals surface area contributed by atoms with Gasteiger partial charge in [-0.3, -0.25) is 4.79 Å². The van der Waals surface area contributed by atoms with Crippen LogP contribution in [0.3, 0.4) is 0 Å². The molecule has 0 aliphatic rings. The van der Waals surface area contributed by atoms with Gasteiger partial charge in [0.05, 0.1) is 11.1 Å². The Kier molecular flexibility index (Phi) is 5.18. The Morgan fingerprint density at radius 1 is 0.963 bits per heavy atom. The molecule has 0 unspecified atom stereocenters. The maximum absolute atomic E-state index is 13.4. The van der Waals surface area contributed by atoms with Crippen LogP contribution in [0.15, 0.2) is 51.4 Å². The Morgan fingerprint density at radius 3 is 2.15 bits per heavy atom. The molecule has 0 aromatic heterocycles. The molecule has 0 saturated carbocycles. The van der Waals surface area contributed by atoms with Crippen LogP contribution >= 0.6 is 31.9 Å². The van der Waals surface area contributed by atoms with Crippen LogP contribution in [-0.2, 0) is 6.18 Å². The molecule has 3 rings (SSSR count). The molecule has 140 valence electrons. The first kappa shape index (κ1) is 19.6. The highest BCUT2D eigenvalue weighted by Gasteiger charge is 2.34. The van der Waals surface area contributed by atoms with Gasteiger partial charge in [-0.15, -0.1) is 0 Å². The van der Waals surface area contributed by atoms with E-state index in [0.717, 1.165) is 20.4 Å². The van der Waals surface area contributed by atoms with Crippen LogP contribution in [-0.4, -0.2) is 5.91 Å². The molecule has 0 heterocycles. The fraction of sp³-hybridized carbons (Fsp3) is 0.0556. The number of hydrogen-bond donors (Lipinski definition) is 2. The maximum atomic E-state index is 13.4. The van der Waals surface area contributed by atoms with E-state index in [2.05, 4.69) is 37.2 Å². The zero-order valence-electron chi connectivity index (χ0n) is 13.3. The maximum Gasteiger partial charge on any atom is 0.419 e. The molecule has 0 spiro atoms. The van der Waals surface area contributed by atoms with Crippen LogP contribution in [0.2, 0.25) is 0 Å². The van der Waals surface area contributed by atoms with E-state index < -0.39 is 23.5 Å². The summed E-state index contributed by atoms with van der Waals surface area (Å²) in [6, 6.07) is 8.95. The summed E-state index contributed by atoms with van der Waals surface area (Å²) >= 11 is 6.73. The lowest BCUT2D eigenvalue weighted by atomic mass is 10.0. The number of hydrogen-bond acceptors (Lipinski definition) is 2. The number of benzene rings is 3. The molecule has 0 aliphatic carbocycles. The van der Waals surface area contributed by atoms with Gasteiger partial charge in [-0.05, 0) is 85.1 Å². The van der Waals surface area contributed by atoms with Gasteiger partial charge in [0.2, 0.25) is 0 Å². The molecule has 27 heavy (non-hydrogen) atoms. The van der Waals surface area contributed by atoms with E-state index in [1.807, 2.05) is 6.07 Å². The van der Waals surface area contributed by atoms with Crippen molar-refractivity contribution in [1.82, 2.24) is 0 Å². The number of rotatable bonds is 2. The quantitative estimate of drug-likeness (QED) is 0.314. The summed E-state index contributed by atoms with van der Waals surface area (Å²) in [5.41, 5.74) is 4.53. The van der Waals surface area contributed by atoms with Gasteiger partial charge in [0, 0.05) is 20.3 Å². The fourth-order valence-corrected chi connectivity index (χ4v) is 3.25. The fourth-order valence-electron chi connectivity index (χ4n) is 2.53. The minimum Gasteiger partial charge on any atom is -0.398 e. The van der Waals surface area contributed by atoms with E-state index in [1.54, 1.807) is 12.1 Å². The average molecular weight is 506 g/mol. The smallest absolute Gasteiger partial charge is 0.398 e. The number of amides is 1. The van der Waals surface area contributed by atoms with Crippen molar-refractivity contribution in [2.75, 3.05) is 11.1 Å². The van der Waals surface area contributed by atoms with Crippen LogP contribution in [0.25, 0.3) is 10.8 Å². The van der Waals surface area contributed by atoms with Crippen molar-refractivity contribution < 1.29 is 22.4 Å². The summed E-state index contributed by atoms with van der Waals surface area (Å²) in [4.78, 5) is 12.5. The Hall–Kier alpha value is -2.13. The van der Waals surface area contributed by atoms with E-state index in [0.29, 0.717) is 17.5 Å². The van der Waals surface area contributed by atoms with Gasteiger partial charge >= 0.3 is 6.18 Å². The van der Waals surface area contributed by atoms with Crippen LogP contribution in [0.4, 0.5) is 28.9 Å². The third-order valence-electron chi connectivity index (χ3n) is 3.82. The van der Waals surface area contributed by atoms with Gasteiger partial charge in [0.1, 0.15) is 5.82 Å². The normalized spacial score (nSPS) is 11.6. The molecular formula is C18H10Br2F4N2O. The lowest BCUT2D eigenvalue weighted by Crippen LogP contribution is -2.15. The first-order valence-electron chi connectivity index (χ1n) is 7.42. The van der Waals surface area contributed by atoms with E-state index in [4.69, 9.17) is 5.73 Å². The van der Waals surface area contributed by atoms with Gasteiger partial charge in [0.15, 0.2) is 0 Å². The number of halogens is 6. The average Bonchev–Trinajstić information content (AvgIpc) is 2.56. The summed E-state index contributed by atoms with van der Waals surface area (Å²) in [7, 11) is 0. The minimum atomic E-state index is -4.87. The predicted molar refractivity (Wildman–Crippen MR) is 103 cm³/mol. The molecule has 1 amide bonds. The molecule has 0 saturated heterocycles. The van der Waals surface area contributed by atoms with Crippen LogP contribution in [0.1, 0.15) is 15.9 Å². The summed E-state index contributed by atoms with van der Waals surface area (Å²) < 4.78 is 53.4. The largest absolute Gasteiger partial charge is 0.419 e. The molecule has 9 heteroatoms. The zero-order chi connectivity index (χ0) is 19.9. The Labute approximate surface area is 167 Å². The van der Waals surface area contributed by atoms with Gasteiger partial charge in [-0.1, -0.05) is 0 Å². The topological polar surface area (TPSA) is 55.1 Å². The number of carbonyl (C=O) groups excluding carboxylic acids is 1. The van der Waals surface area contributed by atoms with Gasteiger partial charge < -0.3 is 11.1 Å². The number of nitrogens with two attached hydrogens (primary N) is 1. The molecular weight excluding hydrogens is 496 g/mol. The van der Waals surface area contributed by atoms with E-state index in [9.17, 15) is 22.4 Å². The standard InChI is InChI=1S/C18H10Br2F4N2O/c19-13-4-8-3-11(16(25)6-9(8)5-14(13)20)17(27)26-10-1-2-15(21)12(7-10)18(22,23)24/h1-7H,25H2,(H,26,27). The summed E-state index contributed by atoms with van der Waals surface area (Å²) in [6.07, 6.45) is -4.87. The molecule has 3 nitrogen and oxygen atoms in total. The van der Waals surface area contributed by atoms with Gasteiger partial charge in [-0.25, -0.2) is 4.39 Å². The first-order valence-corrected chi connectivity index (χ1v) is 9.01. The predicted octanol–water partition coefficient (Wildman–Crippen LogP) is 6.36. The minimum absolute atomic E-state index is 0.0922. The van der Waals surface area contributed by atoms with Crippen LogP contribution in [0.5, 0.6) is 0 Å². The van der Waals surface area contributed by atoms with Gasteiger partial charge in [0.25, 0.3) is 5.91 Å². The third-order valence-corrected chi connectivity index (χ3v) is 5.67. The highest BCUT2D eigenvalue weighted by atomic mass is 79.9. The van der Waals surface area contributed by atoms with Crippen LogP contribution < -0.4 is 11.1 Å². The van der Waals surface area contributed by atoms with Crippen molar-refractivity contribution in [3.05, 3.63) is 68.4 Å². The van der Waals surface area contributed by atoms with Crippen molar-refractivity contribution in [3.8, 4) is 0 Å². The van der Waals surface area contributed by atoms with Crippen molar-refractivity contribution in [2.45, 2.75) is 6.18 Å². The second-order valence-corrected chi connectivity index (χ2v) is 7.41. The number of fused-ring (bicyclic) bond motifs is 1. The lowest BCUT2D eigenvalue weighted by Gasteiger charge is -2.12. The highest BCUT2D eigenvalue weighted by molar-refractivity contribution is 9.13. The number of nitrogen functional groups attached to an aromatic ring is 1. The molecule has 3 aromatic rings. The molecule has 0 radical (unpaired) electrons. The lowest BCUT2D eigenvalue weighted by molar-refractivity contribution is -0.139. The Bertz CT molecular complexity index is 1070. The first-order chi connectivity index (χ1) is 12.6. The van der Waals surface area contributed by atoms with Crippen molar-refractivity contribution in [1.29, 1.82) is 0 Å². The van der Waals surface area contributed by atoms with E-state index in [-0.39, 0.29) is 16.9 Å². The Morgan fingerprint density at radius 2 is 1.56 bits per heavy atom.